The molecule has 1 heterocycles. The Morgan fingerprint density at radius 3 is 2.71 bits per heavy atom. The van der Waals surface area contributed by atoms with Crippen molar-refractivity contribution in [2.75, 3.05) is 13.2 Å². The number of hydrogen-bond acceptors (Lipinski definition) is 2. The summed E-state index contributed by atoms with van der Waals surface area (Å²) in [7, 11) is 0. The molecule has 0 saturated carbocycles. The quantitative estimate of drug-likeness (QED) is 0.684. The SMILES string of the molecule is Cc1cccc2c1C1(CCOCC1)C(=O)CC2. The molecule has 0 bridgehead atoms. The third-order valence-electron chi connectivity index (χ3n) is 4.34. The van der Waals surface area contributed by atoms with E-state index < -0.39 is 0 Å². The van der Waals surface area contributed by atoms with Gasteiger partial charge < -0.3 is 4.74 Å². The smallest absolute Gasteiger partial charge is 0.143 e. The van der Waals surface area contributed by atoms with Crippen molar-refractivity contribution in [1.82, 2.24) is 0 Å². The van der Waals surface area contributed by atoms with E-state index in [-0.39, 0.29) is 5.41 Å². The number of rotatable bonds is 0. The van der Waals surface area contributed by atoms with Crippen LogP contribution >= 0.6 is 0 Å². The van der Waals surface area contributed by atoms with Gasteiger partial charge in [0.1, 0.15) is 5.78 Å². The van der Waals surface area contributed by atoms with Gasteiger partial charge in [-0.15, -0.1) is 0 Å². The maximum Gasteiger partial charge on any atom is 0.143 e. The highest BCUT2D eigenvalue weighted by Gasteiger charge is 2.45. The summed E-state index contributed by atoms with van der Waals surface area (Å²) >= 11 is 0. The minimum absolute atomic E-state index is 0.225. The molecule has 90 valence electrons. The fraction of sp³-hybridized carbons (Fsp3) is 0.533. The number of aryl methyl sites for hydroxylation is 2. The lowest BCUT2D eigenvalue weighted by Gasteiger charge is -2.41. The summed E-state index contributed by atoms with van der Waals surface area (Å²) in [6.07, 6.45) is 3.35. The van der Waals surface area contributed by atoms with Gasteiger partial charge in [0.15, 0.2) is 0 Å². The van der Waals surface area contributed by atoms with Crippen LogP contribution in [0.25, 0.3) is 0 Å². The molecule has 1 aromatic carbocycles. The zero-order valence-corrected chi connectivity index (χ0v) is 10.3. The van der Waals surface area contributed by atoms with Crippen LogP contribution in [0.2, 0.25) is 0 Å². The van der Waals surface area contributed by atoms with Crippen molar-refractivity contribution in [2.45, 2.75) is 38.0 Å². The summed E-state index contributed by atoms with van der Waals surface area (Å²) < 4.78 is 5.45. The third-order valence-corrected chi connectivity index (χ3v) is 4.34. The molecule has 1 fully saturated rings. The number of Topliss-reactive ketones (excluding diaryl/α,β-unsaturated/α-hetero) is 1. The normalized spacial score (nSPS) is 22.5. The molecule has 1 aliphatic heterocycles. The molecule has 2 heteroatoms. The zero-order valence-electron chi connectivity index (χ0n) is 10.3. The zero-order chi connectivity index (χ0) is 11.9. The summed E-state index contributed by atoms with van der Waals surface area (Å²) in [6.45, 7) is 3.58. The average Bonchev–Trinajstić information content (AvgIpc) is 2.35. The number of benzene rings is 1. The monoisotopic (exact) mass is 230 g/mol. The van der Waals surface area contributed by atoms with Gasteiger partial charge in [-0.25, -0.2) is 0 Å². The molecule has 1 spiro atoms. The number of ether oxygens (including phenoxy) is 1. The van der Waals surface area contributed by atoms with Crippen molar-refractivity contribution >= 4 is 5.78 Å². The molecule has 0 amide bonds. The van der Waals surface area contributed by atoms with E-state index in [1.165, 1.54) is 16.7 Å². The highest BCUT2D eigenvalue weighted by molar-refractivity contribution is 5.93. The molecule has 2 aliphatic rings. The molecule has 0 unspecified atom stereocenters. The van der Waals surface area contributed by atoms with Gasteiger partial charge in [-0.05, 0) is 42.9 Å². The summed E-state index contributed by atoms with van der Waals surface area (Å²) in [5.74, 6) is 0.433. The standard InChI is InChI=1S/C15H18O2/c1-11-3-2-4-12-5-6-13(16)15(14(11)12)7-9-17-10-8-15/h2-4H,5-10H2,1H3. The number of carbonyl (C=O) groups excluding carboxylic acids is 1. The summed E-state index contributed by atoms with van der Waals surface area (Å²) in [5, 5.41) is 0. The maximum atomic E-state index is 12.4. The van der Waals surface area contributed by atoms with Gasteiger partial charge in [-0.2, -0.15) is 0 Å². The van der Waals surface area contributed by atoms with Crippen molar-refractivity contribution in [1.29, 1.82) is 0 Å². The van der Waals surface area contributed by atoms with E-state index in [1.807, 2.05) is 0 Å². The Kier molecular flexibility index (Phi) is 2.55. The molecule has 1 aliphatic carbocycles. The summed E-state index contributed by atoms with van der Waals surface area (Å²) in [4.78, 5) is 12.4. The first kappa shape index (κ1) is 11.0. The summed E-state index contributed by atoms with van der Waals surface area (Å²) in [6, 6.07) is 6.43. The van der Waals surface area contributed by atoms with E-state index in [0.29, 0.717) is 12.2 Å². The second-order valence-electron chi connectivity index (χ2n) is 5.23. The van der Waals surface area contributed by atoms with E-state index in [1.54, 1.807) is 0 Å². The Balaban J connectivity index is 2.18. The first-order valence-corrected chi connectivity index (χ1v) is 6.44. The Bertz CT molecular complexity index is 456. The molecule has 0 N–H and O–H groups in total. The van der Waals surface area contributed by atoms with Crippen LogP contribution in [0.15, 0.2) is 18.2 Å². The molecular formula is C15H18O2. The van der Waals surface area contributed by atoms with Crippen molar-refractivity contribution in [2.24, 2.45) is 0 Å². The number of carbonyl (C=O) groups is 1. The highest BCUT2D eigenvalue weighted by atomic mass is 16.5. The Morgan fingerprint density at radius 1 is 1.18 bits per heavy atom. The lowest BCUT2D eigenvalue weighted by molar-refractivity contribution is -0.129. The first-order chi connectivity index (χ1) is 8.24. The highest BCUT2D eigenvalue weighted by Crippen LogP contribution is 2.43. The van der Waals surface area contributed by atoms with Gasteiger partial charge in [0.05, 0.1) is 5.41 Å². The topological polar surface area (TPSA) is 26.3 Å². The molecule has 1 aromatic rings. The minimum atomic E-state index is -0.225. The fourth-order valence-electron chi connectivity index (χ4n) is 3.50. The van der Waals surface area contributed by atoms with E-state index in [0.717, 1.165) is 32.5 Å². The second kappa shape index (κ2) is 3.95. The predicted molar refractivity (Wildman–Crippen MR) is 66.2 cm³/mol. The average molecular weight is 230 g/mol. The Morgan fingerprint density at radius 2 is 1.94 bits per heavy atom. The molecule has 0 radical (unpaired) electrons. The van der Waals surface area contributed by atoms with Crippen LogP contribution in [0.3, 0.4) is 0 Å². The van der Waals surface area contributed by atoms with Gasteiger partial charge in [-0.1, -0.05) is 18.2 Å². The lowest BCUT2D eigenvalue weighted by Crippen LogP contribution is -2.45. The molecule has 0 aromatic heterocycles. The fourth-order valence-corrected chi connectivity index (χ4v) is 3.50. The minimum Gasteiger partial charge on any atom is -0.381 e. The van der Waals surface area contributed by atoms with Gasteiger partial charge >= 0.3 is 0 Å². The number of ketones is 1. The van der Waals surface area contributed by atoms with Gasteiger partial charge in [0.2, 0.25) is 0 Å². The first-order valence-electron chi connectivity index (χ1n) is 6.44. The number of fused-ring (bicyclic) bond motifs is 2. The van der Waals surface area contributed by atoms with Gasteiger partial charge in [-0.3, -0.25) is 4.79 Å². The largest absolute Gasteiger partial charge is 0.381 e. The van der Waals surface area contributed by atoms with E-state index in [9.17, 15) is 4.79 Å². The third kappa shape index (κ3) is 1.54. The van der Waals surface area contributed by atoms with Gasteiger partial charge in [0, 0.05) is 19.6 Å². The van der Waals surface area contributed by atoms with Crippen LogP contribution in [-0.4, -0.2) is 19.0 Å². The van der Waals surface area contributed by atoms with E-state index in [2.05, 4.69) is 25.1 Å². The van der Waals surface area contributed by atoms with Crippen molar-refractivity contribution in [3.8, 4) is 0 Å². The van der Waals surface area contributed by atoms with Crippen molar-refractivity contribution in [3.63, 3.8) is 0 Å². The molecule has 17 heavy (non-hydrogen) atoms. The van der Waals surface area contributed by atoms with Crippen LogP contribution in [-0.2, 0) is 21.4 Å². The van der Waals surface area contributed by atoms with E-state index >= 15 is 0 Å². The molecule has 0 atom stereocenters. The second-order valence-corrected chi connectivity index (χ2v) is 5.23. The van der Waals surface area contributed by atoms with Crippen molar-refractivity contribution in [3.05, 3.63) is 34.9 Å². The number of hydrogen-bond donors (Lipinski definition) is 0. The van der Waals surface area contributed by atoms with Crippen LogP contribution in [0, 0.1) is 6.92 Å². The van der Waals surface area contributed by atoms with Crippen LogP contribution in [0.5, 0.6) is 0 Å². The molecular weight excluding hydrogens is 212 g/mol. The van der Waals surface area contributed by atoms with Crippen LogP contribution < -0.4 is 0 Å². The molecule has 3 rings (SSSR count). The van der Waals surface area contributed by atoms with E-state index in [4.69, 9.17) is 4.74 Å². The molecule has 2 nitrogen and oxygen atoms in total. The van der Waals surface area contributed by atoms with Crippen LogP contribution in [0.1, 0.15) is 36.0 Å². The van der Waals surface area contributed by atoms with Gasteiger partial charge in [0.25, 0.3) is 0 Å². The Labute approximate surface area is 102 Å². The molecule has 1 saturated heterocycles. The Hall–Kier alpha value is -1.15. The predicted octanol–water partition coefficient (Wildman–Crippen LogP) is 2.56. The summed E-state index contributed by atoms with van der Waals surface area (Å²) in [5.41, 5.74) is 3.75. The maximum absolute atomic E-state index is 12.4. The van der Waals surface area contributed by atoms with Crippen LogP contribution in [0.4, 0.5) is 0 Å². The van der Waals surface area contributed by atoms with Crippen molar-refractivity contribution < 1.29 is 9.53 Å². The lowest BCUT2D eigenvalue weighted by atomic mass is 9.63.